The van der Waals surface area contributed by atoms with Gasteiger partial charge in [-0.3, -0.25) is 0 Å². The van der Waals surface area contributed by atoms with Crippen molar-refractivity contribution in [2.24, 2.45) is 11.7 Å². The van der Waals surface area contributed by atoms with Gasteiger partial charge in [0.05, 0.1) is 0 Å². The maximum Gasteiger partial charge on any atom is 0.105 e. The van der Waals surface area contributed by atoms with Crippen molar-refractivity contribution in [3.63, 3.8) is 0 Å². The van der Waals surface area contributed by atoms with E-state index in [0.29, 0.717) is 4.99 Å². The maximum absolute atomic E-state index is 5.64. The van der Waals surface area contributed by atoms with Gasteiger partial charge < -0.3 is 10.6 Å². The molecule has 0 spiro atoms. The van der Waals surface area contributed by atoms with Crippen molar-refractivity contribution >= 4 is 38.8 Å². The van der Waals surface area contributed by atoms with Crippen LogP contribution in [0.5, 0.6) is 0 Å². The smallest absolute Gasteiger partial charge is 0.105 e. The zero-order chi connectivity index (χ0) is 12.4. The Kier molecular flexibility index (Phi) is 4.05. The molecular weight excluding hydrogens is 296 g/mol. The van der Waals surface area contributed by atoms with Crippen molar-refractivity contribution in [3.05, 3.63) is 28.2 Å². The molecule has 17 heavy (non-hydrogen) atoms. The lowest BCUT2D eigenvalue weighted by molar-refractivity contribution is 0.321. The van der Waals surface area contributed by atoms with E-state index in [2.05, 4.69) is 40.0 Å². The second-order valence-electron chi connectivity index (χ2n) is 4.71. The van der Waals surface area contributed by atoms with Crippen LogP contribution in [0.3, 0.4) is 0 Å². The van der Waals surface area contributed by atoms with E-state index in [-0.39, 0.29) is 0 Å². The summed E-state index contributed by atoms with van der Waals surface area (Å²) in [5.41, 5.74) is 7.76. The van der Waals surface area contributed by atoms with Crippen LogP contribution in [0.2, 0.25) is 0 Å². The molecule has 0 aliphatic heterocycles. The third kappa shape index (κ3) is 2.99. The van der Waals surface area contributed by atoms with Crippen molar-refractivity contribution in [3.8, 4) is 0 Å². The first-order chi connectivity index (χ1) is 8.08. The molecule has 0 amide bonds. The normalized spacial score (nSPS) is 15.4. The van der Waals surface area contributed by atoms with Crippen LogP contribution in [0.25, 0.3) is 0 Å². The number of halogens is 1. The first-order valence-corrected chi connectivity index (χ1v) is 7.08. The average molecular weight is 313 g/mol. The van der Waals surface area contributed by atoms with E-state index in [1.807, 2.05) is 6.07 Å². The van der Waals surface area contributed by atoms with Gasteiger partial charge in [0.2, 0.25) is 0 Å². The number of hydrogen-bond donors (Lipinski definition) is 1. The lowest BCUT2D eigenvalue weighted by atomic mass is 9.85. The van der Waals surface area contributed by atoms with E-state index in [1.54, 1.807) is 0 Å². The minimum Gasteiger partial charge on any atom is -0.389 e. The van der Waals surface area contributed by atoms with Gasteiger partial charge in [-0.1, -0.05) is 18.6 Å². The summed E-state index contributed by atoms with van der Waals surface area (Å²) in [5.74, 6) is 0.869. The number of anilines is 1. The predicted octanol–water partition coefficient (Wildman–Crippen LogP) is 3.32. The Hall–Kier alpha value is -0.610. The van der Waals surface area contributed by atoms with Gasteiger partial charge in [-0.25, -0.2) is 0 Å². The molecule has 0 heterocycles. The van der Waals surface area contributed by atoms with Gasteiger partial charge in [0, 0.05) is 29.3 Å². The van der Waals surface area contributed by atoms with Crippen LogP contribution in [0, 0.1) is 5.92 Å². The molecule has 0 saturated heterocycles. The summed E-state index contributed by atoms with van der Waals surface area (Å²) in [6, 6.07) is 6.16. The summed E-state index contributed by atoms with van der Waals surface area (Å²) >= 11 is 8.51. The number of thiocarbonyl (C=S) groups is 1. The minimum atomic E-state index is 0.435. The lowest BCUT2D eigenvalue weighted by Gasteiger charge is -2.31. The molecule has 1 saturated carbocycles. The highest BCUT2D eigenvalue weighted by atomic mass is 79.9. The Morgan fingerprint density at radius 2 is 2.24 bits per heavy atom. The molecule has 0 atom stereocenters. The van der Waals surface area contributed by atoms with Gasteiger partial charge in [-0.05, 0) is 52.9 Å². The Bertz CT molecular complexity index is 429. The average Bonchev–Trinajstić information content (AvgIpc) is 2.22. The summed E-state index contributed by atoms with van der Waals surface area (Å²) in [6.07, 6.45) is 4.13. The number of benzene rings is 1. The SMILES string of the molecule is CN(CC1CCC1)c1ccc(C(N)=S)c(Br)c1. The van der Waals surface area contributed by atoms with Gasteiger partial charge in [-0.2, -0.15) is 0 Å². The van der Waals surface area contributed by atoms with E-state index in [9.17, 15) is 0 Å². The number of nitrogens with two attached hydrogens (primary N) is 1. The molecule has 0 radical (unpaired) electrons. The number of hydrogen-bond acceptors (Lipinski definition) is 2. The molecule has 1 fully saturated rings. The second-order valence-corrected chi connectivity index (χ2v) is 6.00. The van der Waals surface area contributed by atoms with Gasteiger partial charge in [0.15, 0.2) is 0 Å². The van der Waals surface area contributed by atoms with Crippen LogP contribution >= 0.6 is 28.1 Å². The number of rotatable bonds is 4. The quantitative estimate of drug-likeness (QED) is 0.865. The fourth-order valence-electron chi connectivity index (χ4n) is 2.11. The van der Waals surface area contributed by atoms with Crippen LogP contribution in [-0.2, 0) is 0 Å². The molecule has 0 bridgehead atoms. The van der Waals surface area contributed by atoms with Crippen LogP contribution in [0.15, 0.2) is 22.7 Å². The van der Waals surface area contributed by atoms with E-state index in [0.717, 1.165) is 22.5 Å². The van der Waals surface area contributed by atoms with Crippen molar-refractivity contribution in [1.82, 2.24) is 0 Å². The first-order valence-electron chi connectivity index (χ1n) is 5.88. The molecule has 1 aliphatic rings. The molecule has 1 aromatic rings. The maximum atomic E-state index is 5.64. The standard InChI is InChI=1S/C13H17BrN2S/c1-16(8-9-3-2-4-9)10-5-6-11(13(15)17)12(14)7-10/h5-7,9H,2-4,8H2,1H3,(H2,15,17). The first kappa shape index (κ1) is 12.8. The largest absolute Gasteiger partial charge is 0.389 e. The fraction of sp³-hybridized carbons (Fsp3) is 0.462. The van der Waals surface area contributed by atoms with Crippen molar-refractivity contribution in [2.45, 2.75) is 19.3 Å². The zero-order valence-electron chi connectivity index (χ0n) is 9.95. The van der Waals surface area contributed by atoms with E-state index < -0.39 is 0 Å². The minimum absolute atomic E-state index is 0.435. The van der Waals surface area contributed by atoms with Gasteiger partial charge >= 0.3 is 0 Å². The molecule has 2 rings (SSSR count). The third-order valence-corrected chi connectivity index (χ3v) is 4.29. The highest BCUT2D eigenvalue weighted by molar-refractivity contribution is 9.10. The molecule has 1 aliphatic carbocycles. The fourth-order valence-corrected chi connectivity index (χ4v) is 3.00. The monoisotopic (exact) mass is 312 g/mol. The number of nitrogens with zero attached hydrogens (tertiary/aromatic N) is 1. The van der Waals surface area contributed by atoms with E-state index >= 15 is 0 Å². The van der Waals surface area contributed by atoms with E-state index in [1.165, 1.54) is 24.9 Å². The molecule has 4 heteroatoms. The van der Waals surface area contributed by atoms with Crippen LogP contribution < -0.4 is 10.6 Å². The molecule has 92 valence electrons. The Balaban J connectivity index is 2.10. The topological polar surface area (TPSA) is 29.3 Å². The predicted molar refractivity (Wildman–Crippen MR) is 80.6 cm³/mol. The summed E-state index contributed by atoms with van der Waals surface area (Å²) in [4.78, 5) is 2.74. The Labute approximate surface area is 116 Å². The van der Waals surface area contributed by atoms with Crippen LogP contribution in [0.1, 0.15) is 24.8 Å². The van der Waals surface area contributed by atoms with Crippen molar-refractivity contribution in [2.75, 3.05) is 18.5 Å². The lowest BCUT2D eigenvalue weighted by Crippen LogP contribution is -2.29. The van der Waals surface area contributed by atoms with Crippen LogP contribution in [-0.4, -0.2) is 18.6 Å². The highest BCUT2D eigenvalue weighted by Gasteiger charge is 2.19. The molecule has 1 aromatic carbocycles. The summed E-state index contributed by atoms with van der Waals surface area (Å²) in [6.45, 7) is 1.14. The molecular formula is C13H17BrN2S. The zero-order valence-corrected chi connectivity index (χ0v) is 12.4. The molecule has 2 nitrogen and oxygen atoms in total. The summed E-state index contributed by atoms with van der Waals surface area (Å²) in [5, 5.41) is 0. The van der Waals surface area contributed by atoms with E-state index in [4.69, 9.17) is 18.0 Å². The van der Waals surface area contributed by atoms with Gasteiger partial charge in [0.1, 0.15) is 4.99 Å². The second kappa shape index (κ2) is 5.36. The Morgan fingerprint density at radius 1 is 1.53 bits per heavy atom. The summed E-state index contributed by atoms with van der Waals surface area (Å²) in [7, 11) is 2.14. The van der Waals surface area contributed by atoms with Crippen molar-refractivity contribution in [1.29, 1.82) is 0 Å². The molecule has 0 unspecified atom stereocenters. The Morgan fingerprint density at radius 3 is 2.71 bits per heavy atom. The van der Waals surface area contributed by atoms with Gasteiger partial charge in [-0.15, -0.1) is 0 Å². The summed E-state index contributed by atoms with van der Waals surface area (Å²) < 4.78 is 0.975. The van der Waals surface area contributed by atoms with Gasteiger partial charge in [0.25, 0.3) is 0 Å². The molecule has 0 aromatic heterocycles. The van der Waals surface area contributed by atoms with Crippen molar-refractivity contribution < 1.29 is 0 Å². The third-order valence-electron chi connectivity index (χ3n) is 3.42. The van der Waals surface area contributed by atoms with Crippen LogP contribution in [0.4, 0.5) is 5.69 Å². The molecule has 2 N–H and O–H groups in total. The highest BCUT2D eigenvalue weighted by Crippen LogP contribution is 2.29.